The Labute approximate surface area is 168 Å². The molecule has 1 amide bonds. The molecule has 1 N–H and O–H groups in total. The maximum atomic E-state index is 12.7. The van der Waals surface area contributed by atoms with Crippen LogP contribution in [-0.4, -0.2) is 37.1 Å². The van der Waals surface area contributed by atoms with Gasteiger partial charge in [-0.15, -0.1) is 0 Å². The highest BCUT2D eigenvalue weighted by Crippen LogP contribution is 2.29. The number of nitrogens with zero attached hydrogens (tertiary/aromatic N) is 1. The van der Waals surface area contributed by atoms with Crippen molar-refractivity contribution < 1.29 is 22.7 Å². The predicted molar refractivity (Wildman–Crippen MR) is 105 cm³/mol. The van der Waals surface area contributed by atoms with Gasteiger partial charge in [-0.1, -0.05) is 36.4 Å². The lowest BCUT2D eigenvalue weighted by Gasteiger charge is -2.26. The number of halogens is 3. The Bertz CT molecular complexity index is 842. The third-order valence-electron chi connectivity index (χ3n) is 4.64. The third kappa shape index (κ3) is 6.73. The number of ether oxygens (including phenoxy) is 1. The summed E-state index contributed by atoms with van der Waals surface area (Å²) in [6.45, 7) is 4.60. The van der Waals surface area contributed by atoms with Crippen LogP contribution in [0.4, 0.5) is 13.2 Å². The summed E-state index contributed by atoms with van der Waals surface area (Å²) in [5.74, 6) is -0.361. The van der Waals surface area contributed by atoms with Crippen molar-refractivity contribution in [3.05, 3.63) is 76.9 Å². The van der Waals surface area contributed by atoms with Crippen molar-refractivity contribution >= 4 is 12.0 Å². The zero-order chi connectivity index (χ0) is 20.7. The number of hydrogen-bond donors (Lipinski definition) is 1. The van der Waals surface area contributed by atoms with Gasteiger partial charge in [-0.3, -0.25) is 9.69 Å². The fraction of sp³-hybridized carbons (Fsp3) is 0.318. The van der Waals surface area contributed by atoms with E-state index in [1.165, 1.54) is 29.8 Å². The first-order valence-electron chi connectivity index (χ1n) is 9.41. The van der Waals surface area contributed by atoms with Gasteiger partial charge in [-0.2, -0.15) is 13.2 Å². The average molecular weight is 404 g/mol. The first-order chi connectivity index (χ1) is 13.9. The van der Waals surface area contributed by atoms with Gasteiger partial charge in [-0.05, 0) is 34.9 Å². The monoisotopic (exact) mass is 404 g/mol. The largest absolute Gasteiger partial charge is 0.416 e. The fourth-order valence-corrected chi connectivity index (χ4v) is 3.02. The molecule has 29 heavy (non-hydrogen) atoms. The predicted octanol–water partition coefficient (Wildman–Crippen LogP) is 3.87. The van der Waals surface area contributed by atoms with Crippen molar-refractivity contribution in [2.45, 2.75) is 19.3 Å². The molecule has 154 valence electrons. The van der Waals surface area contributed by atoms with Gasteiger partial charge in [0, 0.05) is 32.3 Å². The highest BCUT2D eigenvalue weighted by atomic mass is 19.4. The van der Waals surface area contributed by atoms with Crippen LogP contribution in [0.3, 0.4) is 0 Å². The van der Waals surface area contributed by atoms with Gasteiger partial charge < -0.3 is 10.1 Å². The molecule has 0 aromatic heterocycles. The molecule has 1 aliphatic rings. The molecular formula is C22H23F3N2O2. The van der Waals surface area contributed by atoms with Gasteiger partial charge >= 0.3 is 6.18 Å². The Morgan fingerprint density at radius 2 is 1.76 bits per heavy atom. The SMILES string of the molecule is O=C(/C=C/c1cccc(C(F)(F)F)c1)NCc1ccc(CN2CCOCC2)cc1. The molecule has 2 aromatic rings. The number of nitrogens with one attached hydrogen (secondary N) is 1. The van der Waals surface area contributed by atoms with E-state index >= 15 is 0 Å². The summed E-state index contributed by atoms with van der Waals surface area (Å²) in [6, 6.07) is 12.9. The van der Waals surface area contributed by atoms with Gasteiger partial charge in [-0.25, -0.2) is 0 Å². The number of hydrogen-bond acceptors (Lipinski definition) is 3. The molecule has 1 aliphatic heterocycles. The van der Waals surface area contributed by atoms with Gasteiger partial charge in [0.1, 0.15) is 0 Å². The van der Waals surface area contributed by atoms with Crippen LogP contribution >= 0.6 is 0 Å². The van der Waals surface area contributed by atoms with Crippen LogP contribution in [0.2, 0.25) is 0 Å². The average Bonchev–Trinajstić information content (AvgIpc) is 2.72. The molecule has 2 aromatic carbocycles. The van der Waals surface area contributed by atoms with Crippen molar-refractivity contribution in [3.8, 4) is 0 Å². The second-order valence-electron chi connectivity index (χ2n) is 6.88. The molecule has 0 atom stereocenters. The van der Waals surface area contributed by atoms with Crippen molar-refractivity contribution in [2.24, 2.45) is 0 Å². The van der Waals surface area contributed by atoms with Crippen LogP contribution in [-0.2, 0) is 28.8 Å². The number of benzene rings is 2. The van der Waals surface area contributed by atoms with E-state index in [0.29, 0.717) is 12.1 Å². The number of carbonyl (C=O) groups excluding carboxylic acids is 1. The molecule has 1 fully saturated rings. The smallest absolute Gasteiger partial charge is 0.379 e. The van der Waals surface area contributed by atoms with E-state index in [1.807, 2.05) is 24.3 Å². The van der Waals surface area contributed by atoms with Crippen LogP contribution in [0.1, 0.15) is 22.3 Å². The topological polar surface area (TPSA) is 41.6 Å². The number of rotatable bonds is 6. The van der Waals surface area contributed by atoms with Crippen LogP contribution < -0.4 is 5.32 Å². The maximum absolute atomic E-state index is 12.7. The molecule has 1 heterocycles. The number of morpholine rings is 1. The number of carbonyl (C=O) groups is 1. The molecule has 1 saturated heterocycles. The molecule has 0 unspecified atom stereocenters. The zero-order valence-corrected chi connectivity index (χ0v) is 15.9. The first-order valence-corrected chi connectivity index (χ1v) is 9.41. The molecule has 0 aliphatic carbocycles. The van der Waals surface area contributed by atoms with E-state index in [2.05, 4.69) is 10.2 Å². The highest BCUT2D eigenvalue weighted by molar-refractivity contribution is 5.91. The molecule has 0 bridgehead atoms. The van der Waals surface area contributed by atoms with Crippen LogP contribution in [0.25, 0.3) is 6.08 Å². The third-order valence-corrected chi connectivity index (χ3v) is 4.64. The van der Waals surface area contributed by atoms with E-state index in [-0.39, 0.29) is 5.91 Å². The molecule has 0 saturated carbocycles. The minimum absolute atomic E-state index is 0.322. The Kier molecular flexibility index (Phi) is 7.06. The Morgan fingerprint density at radius 3 is 2.45 bits per heavy atom. The first kappa shape index (κ1) is 21.1. The second-order valence-corrected chi connectivity index (χ2v) is 6.88. The van der Waals surface area contributed by atoms with Gasteiger partial charge in [0.25, 0.3) is 0 Å². The lowest BCUT2D eigenvalue weighted by Crippen LogP contribution is -2.35. The Hall–Kier alpha value is -2.64. The van der Waals surface area contributed by atoms with Gasteiger partial charge in [0.2, 0.25) is 5.91 Å². The maximum Gasteiger partial charge on any atom is 0.416 e. The number of alkyl halides is 3. The standard InChI is InChI=1S/C22H23F3N2O2/c23-22(24,25)20-3-1-2-17(14-20)8-9-21(28)26-15-18-4-6-19(7-5-18)16-27-10-12-29-13-11-27/h1-9,14H,10-13,15-16H2,(H,26,28)/b9-8+. The van der Waals surface area contributed by atoms with Crippen LogP contribution in [0.15, 0.2) is 54.6 Å². The Morgan fingerprint density at radius 1 is 1.07 bits per heavy atom. The minimum Gasteiger partial charge on any atom is -0.379 e. The summed E-state index contributed by atoms with van der Waals surface area (Å²) in [5.41, 5.74) is 1.74. The summed E-state index contributed by atoms with van der Waals surface area (Å²) in [6.07, 6.45) is -1.79. The summed E-state index contributed by atoms with van der Waals surface area (Å²) in [7, 11) is 0. The lowest BCUT2D eigenvalue weighted by molar-refractivity contribution is -0.137. The van der Waals surface area contributed by atoms with Crippen molar-refractivity contribution in [1.82, 2.24) is 10.2 Å². The van der Waals surface area contributed by atoms with Gasteiger partial charge in [0.05, 0.1) is 18.8 Å². The highest BCUT2D eigenvalue weighted by Gasteiger charge is 2.30. The van der Waals surface area contributed by atoms with Crippen LogP contribution in [0.5, 0.6) is 0 Å². The number of amides is 1. The summed E-state index contributed by atoms with van der Waals surface area (Å²) in [4.78, 5) is 14.3. The zero-order valence-electron chi connectivity index (χ0n) is 15.9. The van der Waals surface area contributed by atoms with Crippen molar-refractivity contribution in [1.29, 1.82) is 0 Å². The molecule has 0 spiro atoms. The van der Waals surface area contributed by atoms with Crippen LogP contribution in [0, 0.1) is 0 Å². The molecular weight excluding hydrogens is 381 g/mol. The van der Waals surface area contributed by atoms with E-state index in [9.17, 15) is 18.0 Å². The minimum atomic E-state index is -4.40. The van der Waals surface area contributed by atoms with Crippen molar-refractivity contribution in [3.63, 3.8) is 0 Å². The summed E-state index contributed by atoms with van der Waals surface area (Å²) < 4.78 is 43.5. The molecule has 4 nitrogen and oxygen atoms in total. The molecule has 7 heteroatoms. The second kappa shape index (κ2) is 9.71. The summed E-state index contributed by atoms with van der Waals surface area (Å²) in [5, 5.41) is 2.74. The Balaban J connectivity index is 1.48. The van der Waals surface area contributed by atoms with E-state index in [0.717, 1.165) is 50.5 Å². The normalized spacial score (nSPS) is 15.6. The lowest BCUT2D eigenvalue weighted by atomic mass is 10.1. The molecule has 0 radical (unpaired) electrons. The van der Waals surface area contributed by atoms with E-state index in [4.69, 9.17) is 4.74 Å². The van der Waals surface area contributed by atoms with E-state index in [1.54, 1.807) is 0 Å². The van der Waals surface area contributed by atoms with E-state index < -0.39 is 11.7 Å². The fourth-order valence-electron chi connectivity index (χ4n) is 3.02. The van der Waals surface area contributed by atoms with Gasteiger partial charge in [0.15, 0.2) is 0 Å². The molecule has 3 rings (SSSR count). The quantitative estimate of drug-likeness (QED) is 0.744. The van der Waals surface area contributed by atoms with Crippen molar-refractivity contribution in [2.75, 3.05) is 26.3 Å². The summed E-state index contributed by atoms with van der Waals surface area (Å²) >= 11 is 0.